The number of benzene rings is 2. The van der Waals surface area contributed by atoms with E-state index in [0.717, 1.165) is 33.9 Å². The van der Waals surface area contributed by atoms with Crippen LogP contribution >= 0.6 is 11.8 Å². The van der Waals surface area contributed by atoms with Gasteiger partial charge in [-0.3, -0.25) is 4.79 Å². The van der Waals surface area contributed by atoms with E-state index in [4.69, 9.17) is 0 Å². The molecule has 0 radical (unpaired) electrons. The third-order valence-electron chi connectivity index (χ3n) is 3.61. The smallest absolute Gasteiger partial charge is 0.244 e. The molecule has 0 aliphatic carbocycles. The number of amides is 1. The summed E-state index contributed by atoms with van der Waals surface area (Å²) in [5, 5.41) is 2.96. The average Bonchev–Trinajstić information content (AvgIpc) is 2.85. The monoisotopic (exact) mass is 325 g/mol. The normalized spacial score (nSPS) is 10.9. The maximum absolute atomic E-state index is 12.4. The molecule has 5 heteroatoms. The molecule has 1 aromatic heterocycles. The van der Waals surface area contributed by atoms with E-state index in [9.17, 15) is 4.79 Å². The zero-order valence-corrected chi connectivity index (χ0v) is 14.1. The van der Waals surface area contributed by atoms with Crippen LogP contribution in [0.4, 0.5) is 5.69 Å². The Hall–Kier alpha value is -2.27. The SMILES string of the molecule is CSCc1nc2ccccc2n1CC(=O)Nc1cccc(C)c1. The quantitative estimate of drug-likeness (QED) is 0.775. The minimum Gasteiger partial charge on any atom is -0.325 e. The summed E-state index contributed by atoms with van der Waals surface area (Å²) in [4.78, 5) is 17.1. The highest BCUT2D eigenvalue weighted by Gasteiger charge is 2.13. The van der Waals surface area contributed by atoms with Gasteiger partial charge in [-0.15, -0.1) is 0 Å². The number of imidazole rings is 1. The average molecular weight is 325 g/mol. The van der Waals surface area contributed by atoms with Crippen molar-refractivity contribution in [2.24, 2.45) is 0 Å². The second kappa shape index (κ2) is 6.87. The van der Waals surface area contributed by atoms with Crippen molar-refractivity contribution in [3.8, 4) is 0 Å². The Morgan fingerprint density at radius 2 is 2.04 bits per heavy atom. The van der Waals surface area contributed by atoms with Gasteiger partial charge < -0.3 is 9.88 Å². The number of nitrogens with one attached hydrogen (secondary N) is 1. The van der Waals surface area contributed by atoms with Crippen LogP contribution in [0.5, 0.6) is 0 Å². The van der Waals surface area contributed by atoms with Crippen LogP contribution in [0.2, 0.25) is 0 Å². The maximum atomic E-state index is 12.4. The van der Waals surface area contributed by atoms with Crippen molar-refractivity contribution in [2.45, 2.75) is 19.2 Å². The van der Waals surface area contributed by atoms with Gasteiger partial charge in [0.1, 0.15) is 12.4 Å². The number of aromatic nitrogens is 2. The maximum Gasteiger partial charge on any atom is 0.244 e. The van der Waals surface area contributed by atoms with Gasteiger partial charge in [-0.05, 0) is 43.0 Å². The number of nitrogens with zero attached hydrogens (tertiary/aromatic N) is 2. The molecule has 23 heavy (non-hydrogen) atoms. The molecular formula is C18H19N3OS. The van der Waals surface area contributed by atoms with E-state index >= 15 is 0 Å². The number of carbonyl (C=O) groups is 1. The van der Waals surface area contributed by atoms with Crippen LogP contribution in [0.25, 0.3) is 11.0 Å². The van der Waals surface area contributed by atoms with E-state index < -0.39 is 0 Å². The van der Waals surface area contributed by atoms with Crippen molar-refractivity contribution in [2.75, 3.05) is 11.6 Å². The van der Waals surface area contributed by atoms with E-state index in [1.165, 1.54) is 0 Å². The molecule has 3 aromatic rings. The highest BCUT2D eigenvalue weighted by Crippen LogP contribution is 2.19. The lowest BCUT2D eigenvalue weighted by Gasteiger charge is -2.10. The molecule has 3 rings (SSSR count). The molecule has 0 saturated heterocycles. The molecule has 0 bridgehead atoms. The first-order valence-electron chi connectivity index (χ1n) is 7.47. The number of rotatable bonds is 5. The number of aryl methyl sites for hydroxylation is 1. The van der Waals surface area contributed by atoms with E-state index in [-0.39, 0.29) is 12.5 Å². The minimum absolute atomic E-state index is 0.0406. The van der Waals surface area contributed by atoms with Gasteiger partial charge in [0.05, 0.1) is 16.8 Å². The summed E-state index contributed by atoms with van der Waals surface area (Å²) in [5.74, 6) is 1.67. The van der Waals surface area contributed by atoms with Crippen LogP contribution in [-0.2, 0) is 17.1 Å². The first-order chi connectivity index (χ1) is 11.2. The summed E-state index contributed by atoms with van der Waals surface area (Å²) in [6.45, 7) is 2.28. The molecule has 118 valence electrons. The first-order valence-corrected chi connectivity index (χ1v) is 8.86. The summed E-state index contributed by atoms with van der Waals surface area (Å²) < 4.78 is 2.00. The number of thioether (sulfide) groups is 1. The molecule has 0 spiro atoms. The van der Waals surface area contributed by atoms with Crippen molar-refractivity contribution >= 4 is 34.4 Å². The van der Waals surface area contributed by atoms with Crippen molar-refractivity contribution in [1.29, 1.82) is 0 Å². The molecule has 1 N–H and O–H groups in total. The first kappa shape index (κ1) is 15.6. The lowest BCUT2D eigenvalue weighted by Crippen LogP contribution is -2.20. The fourth-order valence-electron chi connectivity index (χ4n) is 2.61. The highest BCUT2D eigenvalue weighted by molar-refractivity contribution is 7.97. The van der Waals surface area contributed by atoms with Gasteiger partial charge in [0.25, 0.3) is 0 Å². The van der Waals surface area contributed by atoms with Crippen molar-refractivity contribution in [3.63, 3.8) is 0 Å². The number of anilines is 1. The second-order valence-electron chi connectivity index (χ2n) is 5.45. The molecule has 1 amide bonds. The van der Waals surface area contributed by atoms with Crippen molar-refractivity contribution in [1.82, 2.24) is 9.55 Å². The van der Waals surface area contributed by atoms with Crippen LogP contribution in [0, 0.1) is 6.92 Å². The summed E-state index contributed by atoms with van der Waals surface area (Å²) in [5.41, 5.74) is 3.88. The summed E-state index contributed by atoms with van der Waals surface area (Å²) in [6, 6.07) is 15.7. The number of fused-ring (bicyclic) bond motifs is 1. The standard InChI is InChI=1S/C18H19N3OS/c1-13-6-5-7-14(10-13)19-18(22)11-21-16-9-4-3-8-15(16)20-17(21)12-23-2/h3-10H,11-12H2,1-2H3,(H,19,22). The summed E-state index contributed by atoms with van der Waals surface area (Å²) >= 11 is 1.70. The van der Waals surface area contributed by atoms with Gasteiger partial charge in [0, 0.05) is 5.69 Å². The topological polar surface area (TPSA) is 46.9 Å². The predicted octanol–water partition coefficient (Wildman–Crippen LogP) is 3.85. The molecule has 0 unspecified atom stereocenters. The van der Waals surface area contributed by atoms with Crippen LogP contribution in [0.1, 0.15) is 11.4 Å². The van der Waals surface area contributed by atoms with Crippen LogP contribution in [0.3, 0.4) is 0 Å². The van der Waals surface area contributed by atoms with E-state index in [1.807, 2.05) is 66.3 Å². The zero-order chi connectivity index (χ0) is 16.2. The van der Waals surface area contributed by atoms with Gasteiger partial charge >= 0.3 is 0 Å². The van der Waals surface area contributed by atoms with Gasteiger partial charge in [-0.2, -0.15) is 11.8 Å². The number of carbonyl (C=O) groups excluding carboxylic acids is 1. The lowest BCUT2D eigenvalue weighted by molar-refractivity contribution is -0.116. The van der Waals surface area contributed by atoms with Gasteiger partial charge in [0.2, 0.25) is 5.91 Å². The molecule has 4 nitrogen and oxygen atoms in total. The Labute approximate surface area is 139 Å². The third kappa shape index (κ3) is 3.56. The van der Waals surface area contributed by atoms with Crippen LogP contribution < -0.4 is 5.32 Å². The second-order valence-corrected chi connectivity index (χ2v) is 6.32. The Balaban J connectivity index is 1.85. The molecule has 0 aliphatic rings. The van der Waals surface area contributed by atoms with Crippen LogP contribution in [0.15, 0.2) is 48.5 Å². The van der Waals surface area contributed by atoms with Crippen molar-refractivity contribution in [3.05, 3.63) is 59.9 Å². The predicted molar refractivity (Wildman–Crippen MR) is 96.8 cm³/mol. The van der Waals surface area contributed by atoms with Gasteiger partial charge in [0.15, 0.2) is 0 Å². The van der Waals surface area contributed by atoms with E-state index in [0.29, 0.717) is 0 Å². The Kier molecular flexibility index (Phi) is 4.67. The fraction of sp³-hybridized carbons (Fsp3) is 0.222. The summed E-state index contributed by atoms with van der Waals surface area (Å²) in [6.07, 6.45) is 2.04. The Morgan fingerprint density at radius 1 is 1.22 bits per heavy atom. The van der Waals surface area contributed by atoms with E-state index in [2.05, 4.69) is 10.3 Å². The Morgan fingerprint density at radius 3 is 2.83 bits per heavy atom. The Bertz CT molecular complexity index is 841. The third-order valence-corrected chi connectivity index (χ3v) is 4.16. The molecule has 0 aliphatic heterocycles. The largest absolute Gasteiger partial charge is 0.325 e. The lowest BCUT2D eigenvalue weighted by atomic mass is 10.2. The molecule has 0 atom stereocenters. The van der Waals surface area contributed by atoms with Crippen LogP contribution in [-0.4, -0.2) is 21.7 Å². The molecule has 1 heterocycles. The minimum atomic E-state index is -0.0406. The zero-order valence-electron chi connectivity index (χ0n) is 13.2. The number of hydrogen-bond acceptors (Lipinski definition) is 3. The number of hydrogen-bond donors (Lipinski definition) is 1. The summed E-state index contributed by atoms with van der Waals surface area (Å²) in [7, 11) is 0. The molecular weight excluding hydrogens is 306 g/mol. The molecule has 0 fully saturated rings. The highest BCUT2D eigenvalue weighted by atomic mass is 32.2. The fourth-order valence-corrected chi connectivity index (χ4v) is 3.09. The van der Waals surface area contributed by atoms with E-state index in [1.54, 1.807) is 11.8 Å². The van der Waals surface area contributed by atoms with Gasteiger partial charge in [-0.1, -0.05) is 24.3 Å². The van der Waals surface area contributed by atoms with Gasteiger partial charge in [-0.25, -0.2) is 4.98 Å². The number of para-hydroxylation sites is 2. The van der Waals surface area contributed by atoms with Crippen molar-refractivity contribution < 1.29 is 4.79 Å². The molecule has 2 aromatic carbocycles. The molecule has 0 saturated carbocycles.